The molecule has 0 unspecified atom stereocenters. The van der Waals surface area contributed by atoms with Crippen LogP contribution in [0.25, 0.3) is 0 Å². The van der Waals surface area contributed by atoms with Crippen molar-refractivity contribution in [3.05, 3.63) is 11.1 Å². The molecule has 0 radical (unpaired) electrons. The Balaban J connectivity index is 2.31. The smallest absolute Gasteiger partial charge is 0.334 e. The molecule has 0 aromatic heterocycles. The van der Waals surface area contributed by atoms with Gasteiger partial charge in [0.2, 0.25) is 0 Å². The van der Waals surface area contributed by atoms with Crippen molar-refractivity contribution in [2.45, 2.75) is 38.5 Å². The minimum atomic E-state index is -1.83. The van der Waals surface area contributed by atoms with E-state index in [1.165, 1.54) is 0 Å². The highest BCUT2D eigenvalue weighted by atomic mass is 16.5. The third-order valence-corrected chi connectivity index (χ3v) is 2.48. The first-order valence-electron chi connectivity index (χ1n) is 5.57. The lowest BCUT2D eigenvalue weighted by atomic mass is 9.95. The summed E-state index contributed by atoms with van der Waals surface area (Å²) in [6.45, 7) is -1.83. The summed E-state index contributed by atoms with van der Waals surface area (Å²) in [6.07, 6.45) is 5.56. The molecule has 0 aromatic carbocycles. The molecule has 1 aliphatic carbocycles. The van der Waals surface area contributed by atoms with E-state index in [2.05, 4.69) is 0 Å². The zero-order valence-corrected chi connectivity index (χ0v) is 7.06. The highest BCUT2D eigenvalue weighted by Gasteiger charge is 2.24. The number of hydrogen-bond acceptors (Lipinski definition) is 2. The molecule has 0 saturated heterocycles. The topological polar surface area (TPSA) is 26.3 Å². The second-order valence-corrected chi connectivity index (χ2v) is 3.36. The minimum absolute atomic E-state index is 0.438. The van der Waals surface area contributed by atoms with Crippen LogP contribution in [0.1, 0.15) is 41.3 Å². The van der Waals surface area contributed by atoms with Crippen molar-refractivity contribution in [3.63, 3.8) is 0 Å². The number of rotatable bonds is 0. The van der Waals surface area contributed by atoms with Gasteiger partial charge in [-0.1, -0.05) is 12.8 Å². The van der Waals surface area contributed by atoms with E-state index in [4.69, 9.17) is 7.48 Å². The molecule has 0 N–H and O–H groups in total. The van der Waals surface area contributed by atoms with Gasteiger partial charge in [-0.2, -0.15) is 0 Å². The number of hydrogen-bond donors (Lipinski definition) is 0. The monoisotopic (exact) mass is 168 g/mol. The minimum Gasteiger partial charge on any atom is -0.458 e. The standard InChI is InChI=1S/C10H14O2/c11-10-9-6-4-2-1-3-5-8(9)7-12-10/h1-7H2/i7D2. The van der Waals surface area contributed by atoms with E-state index in [9.17, 15) is 4.79 Å². The lowest BCUT2D eigenvalue weighted by molar-refractivity contribution is -0.136. The average Bonchev–Trinajstić information content (AvgIpc) is 2.19. The number of ether oxygens (including phenoxy) is 1. The molecule has 2 heteroatoms. The summed E-state index contributed by atoms with van der Waals surface area (Å²) in [7, 11) is 0. The van der Waals surface area contributed by atoms with Crippen LogP contribution in [0.2, 0.25) is 0 Å². The first-order valence-corrected chi connectivity index (χ1v) is 4.57. The zero-order valence-electron chi connectivity index (χ0n) is 9.06. The Morgan fingerprint density at radius 1 is 1.17 bits per heavy atom. The maximum atomic E-state index is 11.4. The van der Waals surface area contributed by atoms with Gasteiger partial charge in [0.05, 0.1) is 2.74 Å². The second kappa shape index (κ2) is 3.30. The third-order valence-electron chi connectivity index (χ3n) is 2.48. The molecular formula is C10H14O2. The van der Waals surface area contributed by atoms with Gasteiger partial charge < -0.3 is 4.74 Å². The van der Waals surface area contributed by atoms with Gasteiger partial charge in [0, 0.05) is 5.57 Å². The Hall–Kier alpha value is -0.790. The summed E-state index contributed by atoms with van der Waals surface area (Å²) in [4.78, 5) is 11.4. The maximum absolute atomic E-state index is 11.4. The Kier molecular flexibility index (Phi) is 1.59. The van der Waals surface area contributed by atoms with Gasteiger partial charge in [0.1, 0.15) is 6.56 Å². The van der Waals surface area contributed by atoms with Crippen molar-refractivity contribution >= 4 is 5.97 Å². The van der Waals surface area contributed by atoms with E-state index in [1.54, 1.807) is 0 Å². The molecular weight excluding hydrogens is 152 g/mol. The molecule has 0 atom stereocenters. The van der Waals surface area contributed by atoms with Crippen LogP contribution in [0.5, 0.6) is 0 Å². The van der Waals surface area contributed by atoms with E-state index in [0.29, 0.717) is 24.0 Å². The van der Waals surface area contributed by atoms with E-state index >= 15 is 0 Å². The Labute approximate surface area is 75.4 Å². The fraction of sp³-hybridized carbons (Fsp3) is 0.700. The van der Waals surface area contributed by atoms with Crippen molar-refractivity contribution in [2.75, 3.05) is 6.56 Å². The SMILES string of the molecule is [2H]C1([2H])OC(=O)C2=C1CCCCCC2. The van der Waals surface area contributed by atoms with Crippen molar-refractivity contribution in [2.24, 2.45) is 0 Å². The van der Waals surface area contributed by atoms with Gasteiger partial charge in [-0.25, -0.2) is 4.79 Å². The number of carbonyl (C=O) groups excluding carboxylic acids is 1. The molecule has 0 amide bonds. The van der Waals surface area contributed by atoms with Crippen LogP contribution >= 0.6 is 0 Å². The van der Waals surface area contributed by atoms with E-state index in [0.717, 1.165) is 25.7 Å². The summed E-state index contributed by atoms with van der Waals surface area (Å²) in [5.74, 6) is -0.438. The predicted molar refractivity (Wildman–Crippen MR) is 45.7 cm³/mol. The normalized spacial score (nSPS) is 31.2. The number of carbonyl (C=O) groups is 1. The molecule has 2 rings (SSSR count). The highest BCUT2D eigenvalue weighted by molar-refractivity contribution is 5.91. The molecule has 0 bridgehead atoms. The molecule has 0 saturated carbocycles. The molecule has 1 heterocycles. The van der Waals surface area contributed by atoms with Crippen molar-refractivity contribution < 1.29 is 12.3 Å². The largest absolute Gasteiger partial charge is 0.458 e. The van der Waals surface area contributed by atoms with Crippen LogP contribution in [-0.4, -0.2) is 12.5 Å². The Bertz CT molecular complexity index is 294. The molecule has 0 fully saturated rings. The van der Waals surface area contributed by atoms with Gasteiger partial charge >= 0.3 is 5.97 Å². The predicted octanol–water partition coefficient (Wildman–Crippen LogP) is 2.19. The lowest BCUT2D eigenvalue weighted by Gasteiger charge is -2.07. The average molecular weight is 168 g/mol. The van der Waals surface area contributed by atoms with Gasteiger partial charge in [-0.15, -0.1) is 0 Å². The fourth-order valence-electron chi connectivity index (χ4n) is 1.77. The molecule has 2 nitrogen and oxygen atoms in total. The summed E-state index contributed by atoms with van der Waals surface area (Å²) in [6, 6.07) is 0. The lowest BCUT2D eigenvalue weighted by Crippen LogP contribution is -2.00. The molecule has 0 aromatic rings. The van der Waals surface area contributed by atoms with E-state index < -0.39 is 12.5 Å². The first kappa shape index (κ1) is 5.79. The van der Waals surface area contributed by atoms with Gasteiger partial charge in [0.15, 0.2) is 0 Å². The van der Waals surface area contributed by atoms with E-state index in [1.807, 2.05) is 0 Å². The molecule has 66 valence electrons. The Morgan fingerprint density at radius 2 is 1.92 bits per heavy atom. The van der Waals surface area contributed by atoms with Crippen LogP contribution in [0, 0.1) is 0 Å². The molecule has 0 spiro atoms. The quantitative estimate of drug-likeness (QED) is 0.518. The first-order chi connectivity index (χ1) is 6.61. The third kappa shape index (κ3) is 1.38. The summed E-state index contributed by atoms with van der Waals surface area (Å²) >= 11 is 0. The van der Waals surface area contributed by atoms with Crippen LogP contribution in [-0.2, 0) is 9.53 Å². The molecule has 1 aliphatic heterocycles. The summed E-state index contributed by atoms with van der Waals surface area (Å²) in [5, 5.41) is 0. The van der Waals surface area contributed by atoms with Gasteiger partial charge in [-0.3, -0.25) is 0 Å². The van der Waals surface area contributed by atoms with Crippen LogP contribution < -0.4 is 0 Å². The Morgan fingerprint density at radius 3 is 2.75 bits per heavy atom. The van der Waals surface area contributed by atoms with Crippen molar-refractivity contribution in [3.8, 4) is 0 Å². The van der Waals surface area contributed by atoms with Crippen LogP contribution in [0.15, 0.2) is 11.1 Å². The molecule has 12 heavy (non-hydrogen) atoms. The second-order valence-electron chi connectivity index (χ2n) is 3.36. The highest BCUT2D eigenvalue weighted by Crippen LogP contribution is 2.28. The zero-order chi connectivity index (χ0) is 10.2. The fourth-order valence-corrected chi connectivity index (χ4v) is 1.77. The van der Waals surface area contributed by atoms with Gasteiger partial charge in [0.25, 0.3) is 0 Å². The number of esters is 1. The van der Waals surface area contributed by atoms with Gasteiger partial charge in [-0.05, 0) is 31.3 Å². The van der Waals surface area contributed by atoms with Crippen LogP contribution in [0.4, 0.5) is 0 Å². The summed E-state index contributed by atoms with van der Waals surface area (Å²) in [5.41, 5.74) is 1.21. The van der Waals surface area contributed by atoms with Crippen LogP contribution in [0.3, 0.4) is 0 Å². The number of cyclic esters (lactones) is 1. The summed E-state index contributed by atoms with van der Waals surface area (Å²) < 4.78 is 19.9. The maximum Gasteiger partial charge on any atom is 0.334 e. The molecule has 2 aliphatic rings. The van der Waals surface area contributed by atoms with Crippen molar-refractivity contribution in [1.29, 1.82) is 0 Å². The van der Waals surface area contributed by atoms with E-state index in [-0.39, 0.29) is 0 Å². The van der Waals surface area contributed by atoms with Crippen molar-refractivity contribution in [1.82, 2.24) is 0 Å².